The first kappa shape index (κ1) is 11.1. The lowest BCUT2D eigenvalue weighted by Crippen LogP contribution is -2.13. The maximum absolute atomic E-state index is 5.40. The summed E-state index contributed by atoms with van der Waals surface area (Å²) in [5.74, 6) is 0.912. The second kappa shape index (κ2) is 6.46. The Hall–Kier alpha value is -0.990. The number of hydrogen-bond acceptors (Lipinski definition) is 2. The van der Waals surface area contributed by atoms with E-state index in [-0.39, 0.29) is 0 Å². The van der Waals surface area contributed by atoms with Crippen molar-refractivity contribution in [3.05, 3.63) is 41.4 Å². The van der Waals surface area contributed by atoms with Crippen molar-refractivity contribution >= 4 is 11.6 Å². The molecule has 0 aliphatic carbocycles. The monoisotopic (exact) mass is 211 g/mol. The van der Waals surface area contributed by atoms with E-state index in [1.54, 1.807) is 7.11 Å². The van der Waals surface area contributed by atoms with Crippen LogP contribution in [0.3, 0.4) is 0 Å². The molecule has 14 heavy (non-hydrogen) atoms. The fourth-order valence-electron chi connectivity index (χ4n) is 1.18. The second-order valence-corrected chi connectivity index (χ2v) is 3.06. The van der Waals surface area contributed by atoms with Crippen LogP contribution in [-0.4, -0.2) is 13.7 Å². The van der Waals surface area contributed by atoms with Crippen LogP contribution in [0, 0.1) is 0 Å². The molecule has 0 amide bonds. The Kier molecular flexibility index (Phi) is 5.12. The summed E-state index contributed by atoms with van der Waals surface area (Å²) in [6.45, 7) is 1.55. The van der Waals surface area contributed by atoms with Crippen molar-refractivity contribution in [3.8, 4) is 5.75 Å². The highest BCUT2D eigenvalue weighted by atomic mass is 35.5. The maximum Gasteiger partial charge on any atom is 0.123 e. The molecular formula is C11H14ClNO. The van der Waals surface area contributed by atoms with E-state index in [1.165, 1.54) is 5.54 Å². The molecular weight excluding hydrogens is 198 g/mol. The van der Waals surface area contributed by atoms with Crippen molar-refractivity contribution in [3.63, 3.8) is 0 Å². The summed E-state index contributed by atoms with van der Waals surface area (Å²) < 4.78 is 5.22. The lowest BCUT2D eigenvalue weighted by Gasteiger charge is -2.07. The Labute approximate surface area is 89.5 Å². The lowest BCUT2D eigenvalue weighted by atomic mass is 10.2. The van der Waals surface area contributed by atoms with Gasteiger partial charge in [-0.1, -0.05) is 35.9 Å². The minimum Gasteiger partial charge on any atom is -0.496 e. The summed E-state index contributed by atoms with van der Waals surface area (Å²) in [7, 11) is 1.68. The number of halogens is 1. The number of nitrogens with one attached hydrogen (secondary N) is 1. The van der Waals surface area contributed by atoms with Gasteiger partial charge in [-0.25, -0.2) is 0 Å². The molecule has 0 bridgehead atoms. The zero-order chi connectivity index (χ0) is 10.2. The van der Waals surface area contributed by atoms with E-state index < -0.39 is 0 Å². The largest absolute Gasteiger partial charge is 0.496 e. The first-order chi connectivity index (χ1) is 6.88. The molecule has 1 rings (SSSR count). The van der Waals surface area contributed by atoms with Gasteiger partial charge in [0, 0.05) is 24.2 Å². The summed E-state index contributed by atoms with van der Waals surface area (Å²) in [6.07, 6.45) is 1.86. The summed E-state index contributed by atoms with van der Waals surface area (Å²) in [5, 5.41) is 3.23. The Morgan fingerprint density at radius 3 is 2.93 bits per heavy atom. The van der Waals surface area contributed by atoms with Gasteiger partial charge in [-0.15, -0.1) is 0 Å². The van der Waals surface area contributed by atoms with Gasteiger partial charge in [-0.2, -0.15) is 0 Å². The van der Waals surface area contributed by atoms with Crippen LogP contribution in [0.5, 0.6) is 5.75 Å². The van der Waals surface area contributed by atoms with Gasteiger partial charge in [-0.3, -0.25) is 0 Å². The standard InChI is InChI=1S/C11H14ClNO/c1-14-11-6-3-2-5-10(11)9-13-8-4-7-12/h2-7,13H,8-9H2,1H3/b7-4+. The van der Waals surface area contributed by atoms with Gasteiger partial charge >= 0.3 is 0 Å². The van der Waals surface area contributed by atoms with Crippen LogP contribution >= 0.6 is 11.6 Å². The maximum atomic E-state index is 5.40. The highest BCUT2D eigenvalue weighted by Gasteiger charge is 1.98. The highest BCUT2D eigenvalue weighted by molar-refractivity contribution is 6.25. The van der Waals surface area contributed by atoms with E-state index in [4.69, 9.17) is 16.3 Å². The third kappa shape index (κ3) is 3.40. The molecule has 76 valence electrons. The van der Waals surface area contributed by atoms with E-state index in [2.05, 4.69) is 5.32 Å². The fraction of sp³-hybridized carbons (Fsp3) is 0.273. The molecule has 0 saturated heterocycles. The zero-order valence-corrected chi connectivity index (χ0v) is 8.92. The summed E-state index contributed by atoms with van der Waals surface area (Å²) in [4.78, 5) is 0. The van der Waals surface area contributed by atoms with Gasteiger partial charge in [0.15, 0.2) is 0 Å². The molecule has 0 spiro atoms. The first-order valence-electron chi connectivity index (χ1n) is 4.46. The molecule has 0 aromatic heterocycles. The fourth-order valence-corrected chi connectivity index (χ4v) is 1.27. The zero-order valence-electron chi connectivity index (χ0n) is 8.16. The molecule has 0 aliphatic heterocycles. The van der Waals surface area contributed by atoms with Crippen LogP contribution in [0.4, 0.5) is 0 Å². The van der Waals surface area contributed by atoms with Crippen molar-refractivity contribution in [2.24, 2.45) is 0 Å². The number of para-hydroxylation sites is 1. The van der Waals surface area contributed by atoms with Crippen LogP contribution < -0.4 is 10.1 Å². The molecule has 0 aliphatic rings. The molecule has 0 saturated carbocycles. The molecule has 0 atom stereocenters. The van der Waals surface area contributed by atoms with E-state index in [1.807, 2.05) is 30.3 Å². The molecule has 0 fully saturated rings. The van der Waals surface area contributed by atoms with Gasteiger partial charge in [0.1, 0.15) is 5.75 Å². The van der Waals surface area contributed by atoms with Crippen molar-refractivity contribution in [2.75, 3.05) is 13.7 Å². The predicted molar refractivity (Wildman–Crippen MR) is 59.7 cm³/mol. The second-order valence-electron chi connectivity index (χ2n) is 2.80. The van der Waals surface area contributed by atoms with Crippen LogP contribution in [0.15, 0.2) is 35.9 Å². The van der Waals surface area contributed by atoms with E-state index in [0.29, 0.717) is 0 Å². The molecule has 0 heterocycles. The minimum absolute atomic E-state index is 0.765. The van der Waals surface area contributed by atoms with Crippen molar-refractivity contribution < 1.29 is 4.74 Å². The van der Waals surface area contributed by atoms with Crippen LogP contribution in [0.1, 0.15) is 5.56 Å². The van der Waals surface area contributed by atoms with Crippen molar-refractivity contribution in [2.45, 2.75) is 6.54 Å². The normalized spacial score (nSPS) is 10.7. The molecule has 1 N–H and O–H groups in total. The summed E-state index contributed by atoms with van der Waals surface area (Å²) in [6, 6.07) is 7.95. The smallest absolute Gasteiger partial charge is 0.123 e. The van der Waals surface area contributed by atoms with Gasteiger partial charge in [0.05, 0.1) is 7.11 Å². The minimum atomic E-state index is 0.765. The number of rotatable bonds is 5. The highest BCUT2D eigenvalue weighted by Crippen LogP contribution is 2.16. The topological polar surface area (TPSA) is 21.3 Å². The lowest BCUT2D eigenvalue weighted by molar-refractivity contribution is 0.408. The predicted octanol–water partition coefficient (Wildman–Crippen LogP) is 2.54. The number of hydrogen-bond donors (Lipinski definition) is 1. The molecule has 0 radical (unpaired) electrons. The molecule has 2 nitrogen and oxygen atoms in total. The van der Waals surface area contributed by atoms with E-state index in [0.717, 1.165) is 24.4 Å². The number of methoxy groups -OCH3 is 1. The third-order valence-corrected chi connectivity index (χ3v) is 2.04. The number of benzene rings is 1. The first-order valence-corrected chi connectivity index (χ1v) is 4.90. The van der Waals surface area contributed by atoms with Gasteiger partial charge in [0.2, 0.25) is 0 Å². The van der Waals surface area contributed by atoms with Gasteiger partial charge in [0.25, 0.3) is 0 Å². The van der Waals surface area contributed by atoms with Crippen LogP contribution in [0.25, 0.3) is 0 Å². The van der Waals surface area contributed by atoms with Crippen LogP contribution in [-0.2, 0) is 6.54 Å². The SMILES string of the molecule is COc1ccccc1CNC/C=C/Cl. The number of ether oxygens (including phenoxy) is 1. The van der Waals surface area contributed by atoms with Gasteiger partial charge in [-0.05, 0) is 6.07 Å². The Morgan fingerprint density at radius 2 is 2.21 bits per heavy atom. The molecule has 0 unspecified atom stereocenters. The summed E-state index contributed by atoms with van der Waals surface area (Å²) in [5.41, 5.74) is 2.66. The van der Waals surface area contributed by atoms with E-state index in [9.17, 15) is 0 Å². The summed E-state index contributed by atoms with van der Waals surface area (Å²) >= 11 is 5.40. The Balaban J connectivity index is 2.49. The quantitative estimate of drug-likeness (QED) is 0.756. The average molecular weight is 212 g/mol. The Bertz CT molecular complexity index is 299. The van der Waals surface area contributed by atoms with Crippen molar-refractivity contribution in [1.29, 1.82) is 0 Å². The Morgan fingerprint density at radius 1 is 1.43 bits per heavy atom. The average Bonchev–Trinajstić information content (AvgIpc) is 2.25. The van der Waals surface area contributed by atoms with Crippen LogP contribution in [0.2, 0.25) is 0 Å². The third-order valence-electron chi connectivity index (χ3n) is 1.86. The van der Waals surface area contributed by atoms with Gasteiger partial charge < -0.3 is 10.1 Å². The van der Waals surface area contributed by atoms with E-state index >= 15 is 0 Å². The van der Waals surface area contributed by atoms with Crippen molar-refractivity contribution in [1.82, 2.24) is 5.32 Å². The molecule has 1 aromatic rings. The molecule has 3 heteroatoms. The molecule has 1 aromatic carbocycles.